The molecule has 0 aromatic heterocycles. The van der Waals surface area contributed by atoms with Gasteiger partial charge in [-0.05, 0) is 24.2 Å². The van der Waals surface area contributed by atoms with Crippen LogP contribution in [0.3, 0.4) is 0 Å². The Morgan fingerprint density at radius 3 is 2.86 bits per heavy atom. The van der Waals surface area contributed by atoms with Crippen molar-refractivity contribution in [1.29, 1.82) is 0 Å². The first kappa shape index (κ1) is 9.24. The highest BCUT2D eigenvalue weighted by Gasteiger charge is 2.40. The van der Waals surface area contributed by atoms with E-state index in [4.69, 9.17) is 5.73 Å². The zero-order chi connectivity index (χ0) is 10.1. The largest absolute Gasteiger partial charge is 0.350 e. The Labute approximate surface area is 83.2 Å². The van der Waals surface area contributed by atoms with Crippen LogP contribution in [0, 0.1) is 23.7 Å². The van der Waals surface area contributed by atoms with E-state index in [2.05, 4.69) is 29.6 Å². The van der Waals surface area contributed by atoms with E-state index in [1.807, 2.05) is 6.21 Å². The monoisotopic (exact) mass is 193 g/mol. The second kappa shape index (κ2) is 3.44. The molecule has 0 unspecified atom stereocenters. The summed E-state index contributed by atoms with van der Waals surface area (Å²) in [6.07, 6.45) is 7.60. The van der Waals surface area contributed by atoms with Crippen LogP contribution in [0.25, 0.3) is 0 Å². The van der Waals surface area contributed by atoms with E-state index in [1.54, 1.807) is 0 Å². The molecule has 2 amide bonds. The number of carbonyl (C=O) groups excluding carboxylic acids is 1. The minimum absolute atomic E-state index is 0.455. The molecular formula is C10H15N3O. The van der Waals surface area contributed by atoms with Crippen molar-refractivity contribution >= 4 is 12.2 Å². The van der Waals surface area contributed by atoms with Crippen molar-refractivity contribution in [3.8, 4) is 0 Å². The Bertz CT molecular complexity index is 298. The molecule has 1 fully saturated rings. The number of hydrazone groups is 1. The normalized spacial score (nSPS) is 39.5. The van der Waals surface area contributed by atoms with Crippen molar-refractivity contribution in [2.24, 2.45) is 34.5 Å². The summed E-state index contributed by atoms with van der Waals surface area (Å²) >= 11 is 0. The summed E-state index contributed by atoms with van der Waals surface area (Å²) in [7, 11) is 0. The number of allylic oxidation sites excluding steroid dienone is 2. The summed E-state index contributed by atoms with van der Waals surface area (Å²) in [5.74, 6) is 2.39. The summed E-state index contributed by atoms with van der Waals surface area (Å²) in [5, 5.41) is 3.84. The number of fused-ring (bicyclic) bond motifs is 2. The van der Waals surface area contributed by atoms with E-state index < -0.39 is 6.03 Å². The van der Waals surface area contributed by atoms with E-state index >= 15 is 0 Å². The third kappa shape index (κ3) is 1.52. The minimum Gasteiger partial charge on any atom is -0.350 e. The maximum Gasteiger partial charge on any atom is 0.332 e. The molecule has 2 bridgehead atoms. The number of nitrogens with one attached hydrogen (secondary N) is 1. The molecule has 3 N–H and O–H groups in total. The molecule has 0 aliphatic heterocycles. The smallest absolute Gasteiger partial charge is 0.332 e. The lowest BCUT2D eigenvalue weighted by atomic mass is 9.85. The third-order valence-corrected chi connectivity index (χ3v) is 3.35. The van der Waals surface area contributed by atoms with Gasteiger partial charge in [-0.2, -0.15) is 5.10 Å². The molecule has 0 aromatic carbocycles. The predicted octanol–water partition coefficient (Wildman–Crippen LogP) is 1.10. The summed E-state index contributed by atoms with van der Waals surface area (Å²) in [5.41, 5.74) is 7.15. The highest BCUT2D eigenvalue weighted by molar-refractivity contribution is 5.73. The van der Waals surface area contributed by atoms with Crippen molar-refractivity contribution in [2.45, 2.75) is 13.3 Å². The highest BCUT2D eigenvalue weighted by atomic mass is 16.2. The maximum absolute atomic E-state index is 10.4. The first-order valence-corrected chi connectivity index (χ1v) is 4.95. The molecule has 0 heterocycles. The van der Waals surface area contributed by atoms with Gasteiger partial charge in [0.15, 0.2) is 0 Å². The van der Waals surface area contributed by atoms with Gasteiger partial charge >= 0.3 is 6.03 Å². The van der Waals surface area contributed by atoms with Crippen molar-refractivity contribution in [1.82, 2.24) is 5.43 Å². The number of nitrogens with zero attached hydrogens (tertiary/aromatic N) is 1. The van der Waals surface area contributed by atoms with Gasteiger partial charge in [0.1, 0.15) is 0 Å². The van der Waals surface area contributed by atoms with Crippen LogP contribution in [0.15, 0.2) is 17.3 Å². The van der Waals surface area contributed by atoms with Gasteiger partial charge in [0, 0.05) is 12.1 Å². The number of carbonyl (C=O) groups is 1. The van der Waals surface area contributed by atoms with Crippen molar-refractivity contribution in [3.63, 3.8) is 0 Å². The van der Waals surface area contributed by atoms with Gasteiger partial charge in [0.2, 0.25) is 0 Å². The molecule has 2 aliphatic carbocycles. The molecule has 0 radical (unpaired) electrons. The van der Waals surface area contributed by atoms with E-state index in [0.29, 0.717) is 23.7 Å². The highest BCUT2D eigenvalue weighted by Crippen LogP contribution is 2.46. The summed E-state index contributed by atoms with van der Waals surface area (Å²) in [6, 6.07) is -0.604. The van der Waals surface area contributed by atoms with Crippen molar-refractivity contribution < 1.29 is 4.79 Å². The van der Waals surface area contributed by atoms with E-state index in [9.17, 15) is 4.79 Å². The fraction of sp³-hybridized carbons (Fsp3) is 0.600. The average molecular weight is 193 g/mol. The minimum atomic E-state index is -0.604. The van der Waals surface area contributed by atoms with Gasteiger partial charge in [0.25, 0.3) is 0 Å². The number of urea groups is 1. The molecule has 4 atom stereocenters. The zero-order valence-electron chi connectivity index (χ0n) is 8.18. The van der Waals surface area contributed by atoms with Crippen LogP contribution in [0.1, 0.15) is 13.3 Å². The molecule has 2 aliphatic rings. The summed E-state index contributed by atoms with van der Waals surface area (Å²) in [4.78, 5) is 10.4. The number of amides is 2. The number of nitrogens with two attached hydrogens (primary N) is 1. The van der Waals surface area contributed by atoms with E-state index in [-0.39, 0.29) is 0 Å². The van der Waals surface area contributed by atoms with Crippen LogP contribution < -0.4 is 11.2 Å². The molecule has 14 heavy (non-hydrogen) atoms. The molecule has 4 heteroatoms. The van der Waals surface area contributed by atoms with Gasteiger partial charge in [-0.1, -0.05) is 19.1 Å². The quantitative estimate of drug-likeness (QED) is 0.385. The lowest BCUT2D eigenvalue weighted by molar-refractivity contribution is 0.249. The lowest BCUT2D eigenvalue weighted by Crippen LogP contribution is -2.26. The Morgan fingerprint density at radius 1 is 1.57 bits per heavy atom. The van der Waals surface area contributed by atoms with Gasteiger partial charge in [-0.25, -0.2) is 10.2 Å². The molecule has 1 saturated carbocycles. The van der Waals surface area contributed by atoms with Crippen LogP contribution in [-0.4, -0.2) is 12.2 Å². The fourth-order valence-electron chi connectivity index (χ4n) is 2.54. The lowest BCUT2D eigenvalue weighted by Gasteiger charge is -2.20. The number of rotatable bonds is 2. The molecule has 0 spiro atoms. The van der Waals surface area contributed by atoms with E-state index in [0.717, 1.165) is 0 Å². The molecule has 0 saturated heterocycles. The van der Waals surface area contributed by atoms with Crippen LogP contribution in [0.4, 0.5) is 4.79 Å². The second-order valence-corrected chi connectivity index (χ2v) is 4.14. The Kier molecular flexibility index (Phi) is 2.27. The summed E-state index contributed by atoms with van der Waals surface area (Å²) < 4.78 is 0. The number of hydrogen-bond acceptors (Lipinski definition) is 2. The Hall–Kier alpha value is -1.32. The van der Waals surface area contributed by atoms with Crippen LogP contribution in [0.2, 0.25) is 0 Å². The first-order valence-electron chi connectivity index (χ1n) is 4.95. The molecular weight excluding hydrogens is 178 g/mol. The third-order valence-electron chi connectivity index (χ3n) is 3.35. The standard InChI is InChI=1S/C10H15N3O/c1-6-7-2-3-8(4-7)9(6)5-12-13-10(11)14/h2-3,5-9H,4H2,1H3,(H3,11,13,14)/b12-5+/t6-,7-,8+,9+/m0/s1. The van der Waals surface area contributed by atoms with Gasteiger partial charge < -0.3 is 5.73 Å². The van der Waals surface area contributed by atoms with Crippen LogP contribution in [0.5, 0.6) is 0 Å². The zero-order valence-corrected chi connectivity index (χ0v) is 8.18. The van der Waals surface area contributed by atoms with Crippen LogP contribution in [-0.2, 0) is 0 Å². The average Bonchev–Trinajstić information content (AvgIpc) is 2.68. The topological polar surface area (TPSA) is 67.5 Å². The van der Waals surface area contributed by atoms with Crippen molar-refractivity contribution in [3.05, 3.63) is 12.2 Å². The molecule has 2 rings (SSSR count). The predicted molar refractivity (Wildman–Crippen MR) is 54.6 cm³/mol. The molecule has 76 valence electrons. The summed E-state index contributed by atoms with van der Waals surface area (Å²) in [6.45, 7) is 2.23. The molecule has 4 nitrogen and oxygen atoms in total. The number of hydrogen-bond donors (Lipinski definition) is 2. The van der Waals surface area contributed by atoms with Gasteiger partial charge in [-0.3, -0.25) is 0 Å². The first-order chi connectivity index (χ1) is 6.68. The van der Waals surface area contributed by atoms with Gasteiger partial charge in [0.05, 0.1) is 0 Å². The van der Waals surface area contributed by atoms with Crippen LogP contribution >= 0.6 is 0 Å². The Balaban J connectivity index is 1.96. The maximum atomic E-state index is 10.4. The Morgan fingerprint density at radius 2 is 2.29 bits per heavy atom. The van der Waals surface area contributed by atoms with E-state index in [1.165, 1.54) is 6.42 Å². The van der Waals surface area contributed by atoms with Gasteiger partial charge in [-0.15, -0.1) is 0 Å². The number of primary amides is 1. The second-order valence-electron chi connectivity index (χ2n) is 4.14. The molecule has 0 aromatic rings. The van der Waals surface area contributed by atoms with Crippen molar-refractivity contribution in [2.75, 3.05) is 0 Å². The fourth-order valence-corrected chi connectivity index (χ4v) is 2.54. The SMILES string of the molecule is C[C@@H]1[C@@H](/C=N/NC(N)=O)[C@@H]2C=C[C@H]1C2.